The monoisotopic (exact) mass is 411 g/mol. The van der Waals surface area contributed by atoms with Gasteiger partial charge in [-0.25, -0.2) is 0 Å². The van der Waals surface area contributed by atoms with E-state index in [0.717, 1.165) is 11.1 Å². The van der Waals surface area contributed by atoms with Gasteiger partial charge in [-0.15, -0.1) is 5.10 Å². The number of rotatable bonds is 6. The third-order valence-corrected chi connectivity index (χ3v) is 5.51. The highest BCUT2D eigenvalue weighted by molar-refractivity contribution is 8.15. The van der Waals surface area contributed by atoms with Crippen molar-refractivity contribution in [3.63, 3.8) is 0 Å². The second-order valence-electron chi connectivity index (χ2n) is 6.13. The molecule has 1 heterocycles. The molecule has 1 saturated heterocycles. The molecule has 0 aromatic heterocycles. The van der Waals surface area contributed by atoms with Gasteiger partial charge in [0, 0.05) is 23.2 Å². The highest BCUT2D eigenvalue weighted by atomic mass is 35.5. The molecule has 2 aromatic rings. The van der Waals surface area contributed by atoms with Crippen LogP contribution in [0, 0.1) is 6.92 Å². The number of nitrogens with zero attached hydrogens (tertiary/aromatic N) is 2. The Morgan fingerprint density at radius 2 is 2.04 bits per heavy atom. The number of amidine groups is 1. The van der Waals surface area contributed by atoms with Gasteiger partial charge in [0.15, 0.2) is 11.0 Å². The zero-order valence-electron chi connectivity index (χ0n) is 15.1. The summed E-state index contributed by atoms with van der Waals surface area (Å²) < 4.78 is 0. The molecular weight excluding hydrogens is 394 g/mol. The van der Waals surface area contributed by atoms with Crippen molar-refractivity contribution in [1.82, 2.24) is 5.32 Å². The number of ketones is 1. The number of aryl methyl sites for hydroxylation is 1. The fraction of sp³-hybridized carbons (Fsp3) is 0.143. The largest absolute Gasteiger partial charge is 0.303 e. The van der Waals surface area contributed by atoms with Gasteiger partial charge in [0.05, 0.1) is 5.25 Å². The molecule has 0 radical (unpaired) electrons. The lowest BCUT2D eigenvalue weighted by atomic mass is 10.0. The number of hydrogen-bond donors (Lipinski definition) is 1. The van der Waals surface area contributed by atoms with Gasteiger partial charge in [0.2, 0.25) is 5.91 Å². The molecule has 1 fully saturated rings. The van der Waals surface area contributed by atoms with Crippen LogP contribution in [0.4, 0.5) is 0 Å². The minimum atomic E-state index is -0.516. The minimum Gasteiger partial charge on any atom is -0.303 e. The van der Waals surface area contributed by atoms with Gasteiger partial charge < -0.3 is 5.32 Å². The summed E-state index contributed by atoms with van der Waals surface area (Å²) in [7, 11) is 0. The summed E-state index contributed by atoms with van der Waals surface area (Å²) in [5.74, 6) is -0.347. The quantitative estimate of drug-likeness (QED) is 0.432. The average Bonchev–Trinajstić information content (AvgIpc) is 3.03. The minimum absolute atomic E-state index is 0.0915. The van der Waals surface area contributed by atoms with Crippen LogP contribution in [0.3, 0.4) is 0 Å². The van der Waals surface area contributed by atoms with Crippen LogP contribution in [0.2, 0.25) is 5.02 Å². The fourth-order valence-electron chi connectivity index (χ4n) is 2.53. The molecule has 0 unspecified atom stereocenters. The molecule has 3 rings (SSSR count). The number of amides is 1. The fourth-order valence-corrected chi connectivity index (χ4v) is 3.58. The van der Waals surface area contributed by atoms with Gasteiger partial charge in [0.25, 0.3) is 0 Å². The first-order valence-corrected chi connectivity index (χ1v) is 9.88. The van der Waals surface area contributed by atoms with Crippen LogP contribution in [0.25, 0.3) is 6.08 Å². The van der Waals surface area contributed by atoms with Gasteiger partial charge in [-0.3, -0.25) is 9.59 Å². The number of carbonyl (C=O) groups is 2. The molecule has 2 aromatic carbocycles. The van der Waals surface area contributed by atoms with Crippen molar-refractivity contribution >= 4 is 52.5 Å². The Morgan fingerprint density at radius 3 is 2.79 bits per heavy atom. The number of thioether (sulfide) groups is 1. The predicted octanol–water partition coefficient (Wildman–Crippen LogP) is 4.51. The van der Waals surface area contributed by atoms with Crippen LogP contribution in [0.1, 0.15) is 27.9 Å². The Bertz CT molecular complexity index is 971. The second kappa shape index (κ2) is 9.48. The Hall–Kier alpha value is -2.70. The van der Waals surface area contributed by atoms with Crippen molar-refractivity contribution in [2.24, 2.45) is 10.2 Å². The topological polar surface area (TPSA) is 70.9 Å². The number of carbonyl (C=O) groups excluding carboxylic acids is 2. The normalized spacial score (nSPS) is 18.3. The molecule has 1 atom stereocenters. The molecular formula is C21H18ClN3O2S. The molecule has 0 aliphatic carbocycles. The van der Waals surface area contributed by atoms with Gasteiger partial charge in [-0.05, 0) is 42.3 Å². The zero-order valence-corrected chi connectivity index (χ0v) is 16.7. The molecule has 1 aliphatic heterocycles. The Morgan fingerprint density at radius 1 is 1.25 bits per heavy atom. The third-order valence-electron chi connectivity index (χ3n) is 4.02. The van der Waals surface area contributed by atoms with Crippen LogP contribution in [0.15, 0.2) is 64.8 Å². The third kappa shape index (κ3) is 5.41. The summed E-state index contributed by atoms with van der Waals surface area (Å²) >= 11 is 7.20. The van der Waals surface area contributed by atoms with Crippen molar-refractivity contribution in [3.8, 4) is 0 Å². The Labute approximate surface area is 172 Å². The smallest absolute Gasteiger partial charge is 0.240 e. The molecule has 28 heavy (non-hydrogen) atoms. The number of halogens is 1. The lowest BCUT2D eigenvalue weighted by Gasteiger charge is -2.06. The number of hydrogen-bond acceptors (Lipinski definition) is 5. The summed E-state index contributed by atoms with van der Waals surface area (Å²) in [5.41, 5.74) is 2.43. The van der Waals surface area contributed by atoms with E-state index in [1.807, 2.05) is 43.3 Å². The van der Waals surface area contributed by atoms with E-state index in [2.05, 4.69) is 15.5 Å². The maximum Gasteiger partial charge on any atom is 0.240 e. The summed E-state index contributed by atoms with van der Waals surface area (Å²) in [5, 5.41) is 11.1. The molecule has 7 heteroatoms. The maximum absolute atomic E-state index is 12.4. The standard InChI is InChI=1S/C21H18ClN3O2S/c1-14-12-16(9-10-17(14)22)18(26)13-19-20(27)24-21(28-19)25-23-11-5-8-15-6-3-2-4-7-15/h2-12,19H,13H2,1H3,(H,24,25,27)/b8-5+,23-11-/t19-/m1/s1. The van der Waals surface area contributed by atoms with Crippen LogP contribution in [-0.4, -0.2) is 28.3 Å². The number of allylic oxidation sites excluding steroid dienone is 1. The van der Waals surface area contributed by atoms with Gasteiger partial charge in [0.1, 0.15) is 0 Å². The molecule has 1 aliphatic rings. The molecule has 1 N–H and O–H groups in total. The van der Waals surface area contributed by atoms with E-state index in [-0.39, 0.29) is 18.1 Å². The molecule has 142 valence electrons. The van der Waals surface area contributed by atoms with Crippen molar-refractivity contribution in [1.29, 1.82) is 0 Å². The van der Waals surface area contributed by atoms with E-state index in [1.165, 1.54) is 11.8 Å². The lowest BCUT2D eigenvalue weighted by molar-refractivity contribution is -0.118. The van der Waals surface area contributed by atoms with Crippen LogP contribution >= 0.6 is 23.4 Å². The highest BCUT2D eigenvalue weighted by Gasteiger charge is 2.32. The molecule has 0 bridgehead atoms. The van der Waals surface area contributed by atoms with Gasteiger partial charge >= 0.3 is 0 Å². The van der Waals surface area contributed by atoms with Crippen molar-refractivity contribution in [3.05, 3.63) is 76.3 Å². The number of nitrogens with one attached hydrogen (secondary N) is 1. The summed E-state index contributed by atoms with van der Waals surface area (Å²) in [4.78, 5) is 24.5. The highest BCUT2D eigenvalue weighted by Crippen LogP contribution is 2.25. The van der Waals surface area contributed by atoms with Crippen LogP contribution in [0.5, 0.6) is 0 Å². The van der Waals surface area contributed by atoms with E-state index in [4.69, 9.17) is 11.6 Å². The molecule has 0 spiro atoms. The van der Waals surface area contributed by atoms with Gasteiger partial charge in [-0.1, -0.05) is 59.8 Å². The van der Waals surface area contributed by atoms with E-state index < -0.39 is 5.25 Å². The second-order valence-corrected chi connectivity index (χ2v) is 7.73. The summed E-state index contributed by atoms with van der Waals surface area (Å²) in [6.07, 6.45) is 5.31. The Kier molecular flexibility index (Phi) is 6.79. The number of Topliss-reactive ketones (excluding diaryl/α,β-unsaturated/α-hetero) is 1. The van der Waals surface area contributed by atoms with E-state index in [1.54, 1.807) is 30.5 Å². The molecule has 5 nitrogen and oxygen atoms in total. The van der Waals surface area contributed by atoms with E-state index in [9.17, 15) is 9.59 Å². The summed E-state index contributed by atoms with van der Waals surface area (Å²) in [6, 6.07) is 14.9. The van der Waals surface area contributed by atoms with E-state index in [0.29, 0.717) is 15.8 Å². The molecule has 1 amide bonds. The van der Waals surface area contributed by atoms with Crippen molar-refractivity contribution < 1.29 is 9.59 Å². The maximum atomic E-state index is 12.4. The first-order chi connectivity index (χ1) is 13.5. The van der Waals surface area contributed by atoms with Crippen molar-refractivity contribution in [2.45, 2.75) is 18.6 Å². The SMILES string of the molecule is Cc1cc(C(=O)C[C@H]2S/C(=N/N=C\C=C\c3ccccc3)NC2=O)ccc1Cl. The van der Waals surface area contributed by atoms with Crippen molar-refractivity contribution in [2.75, 3.05) is 0 Å². The zero-order chi connectivity index (χ0) is 19.9. The lowest BCUT2D eigenvalue weighted by Crippen LogP contribution is -2.26. The summed E-state index contributed by atoms with van der Waals surface area (Å²) in [6.45, 7) is 1.84. The van der Waals surface area contributed by atoms with E-state index >= 15 is 0 Å². The number of benzene rings is 2. The first-order valence-electron chi connectivity index (χ1n) is 8.62. The predicted molar refractivity (Wildman–Crippen MR) is 116 cm³/mol. The van der Waals surface area contributed by atoms with Crippen LogP contribution in [-0.2, 0) is 4.79 Å². The Balaban J connectivity index is 1.56. The van der Waals surface area contributed by atoms with Gasteiger partial charge in [-0.2, -0.15) is 5.10 Å². The van der Waals surface area contributed by atoms with Crippen LogP contribution < -0.4 is 5.32 Å². The first kappa shape index (κ1) is 20.0. The molecule has 0 saturated carbocycles. The average molecular weight is 412 g/mol.